The average molecular weight is 1630 g/mol. The first-order chi connectivity index (χ1) is 62.0. The molecule has 0 aliphatic rings. The van der Waals surface area contributed by atoms with Crippen LogP contribution in [0.25, 0.3) is 172 Å². The molecule has 0 spiro atoms. The van der Waals surface area contributed by atoms with Crippen molar-refractivity contribution in [2.24, 2.45) is 0 Å². The predicted octanol–water partition coefficient (Wildman–Crippen LogP) is 39.3. The molecule has 0 aliphatic heterocycles. The molecule has 0 saturated carbocycles. The minimum absolute atomic E-state index is 1.31. The molecule has 24 aromatic carbocycles. The van der Waals surface area contributed by atoms with Gasteiger partial charge in [-0.2, -0.15) is 0 Å². The summed E-state index contributed by atoms with van der Waals surface area (Å²) in [6, 6.07) is 161. The summed E-state index contributed by atoms with van der Waals surface area (Å²) in [5.41, 5.74) is 1.38. The Morgan fingerprint density at radius 3 is 0.400 bits per heavy atom. The Balaban J connectivity index is 0.000000159. The maximum atomic E-state index is 2.26. The molecular formula is C125H126. The normalized spacial score (nSPS) is 9.96. The monoisotopic (exact) mass is 1630 g/mol. The van der Waals surface area contributed by atoms with E-state index in [0.29, 0.717) is 0 Å². The smallest absolute Gasteiger partial charge is 0.00268 e. The molecule has 626 valence electrons. The predicted molar refractivity (Wildman–Crippen MR) is 570 cm³/mol. The maximum Gasteiger partial charge on any atom is -0.00268 e. The zero-order chi connectivity index (χ0) is 89.1. The van der Waals surface area contributed by atoms with Gasteiger partial charge in [-0.1, -0.05) is 548 Å². The molecule has 0 aromatic heterocycles. The van der Waals surface area contributed by atoms with E-state index in [4.69, 9.17) is 0 Å². The Kier molecular flexibility index (Phi) is 38.7. The molecule has 125 heavy (non-hydrogen) atoms. The van der Waals surface area contributed by atoms with E-state index in [-0.39, 0.29) is 0 Å². The molecule has 0 unspecified atom stereocenters. The Bertz CT molecular complexity index is 6260. The van der Waals surface area contributed by atoms with Gasteiger partial charge in [0.1, 0.15) is 0 Å². The van der Waals surface area contributed by atoms with E-state index in [1.165, 1.54) is 178 Å². The van der Waals surface area contributed by atoms with Crippen LogP contribution in [0.4, 0.5) is 0 Å². The van der Waals surface area contributed by atoms with Gasteiger partial charge in [0, 0.05) is 0 Å². The molecule has 0 fully saturated rings. The lowest BCUT2D eigenvalue weighted by molar-refractivity contribution is 1.50. The number of rotatable bonds is 0. The van der Waals surface area contributed by atoms with Gasteiger partial charge in [-0.05, 0) is 203 Å². The van der Waals surface area contributed by atoms with Crippen molar-refractivity contribution in [1.82, 2.24) is 0 Å². The van der Waals surface area contributed by atoms with Gasteiger partial charge in [-0.25, -0.2) is 0 Å². The molecule has 0 amide bonds. The highest BCUT2D eigenvalue weighted by atomic mass is 14.1. The van der Waals surface area contributed by atoms with Crippen LogP contribution in [0, 0.1) is 6.92 Å². The summed E-state index contributed by atoms with van der Waals surface area (Å²) in [6.45, 7) is 34.2. The second-order valence-corrected chi connectivity index (χ2v) is 27.8. The van der Waals surface area contributed by atoms with Crippen molar-refractivity contribution in [2.45, 2.75) is 118 Å². The van der Waals surface area contributed by atoms with Crippen LogP contribution >= 0.6 is 0 Å². The molecule has 0 radical (unpaired) electrons. The highest BCUT2D eigenvalue weighted by Gasteiger charge is 2.09. The van der Waals surface area contributed by atoms with Crippen molar-refractivity contribution >= 4 is 172 Å². The van der Waals surface area contributed by atoms with Crippen molar-refractivity contribution < 1.29 is 0 Å². The van der Waals surface area contributed by atoms with Crippen molar-refractivity contribution in [3.8, 4) is 0 Å². The highest BCUT2D eigenvalue weighted by molar-refractivity contribution is 6.24. The van der Waals surface area contributed by atoms with Gasteiger partial charge < -0.3 is 0 Å². The van der Waals surface area contributed by atoms with E-state index in [0.717, 1.165) is 0 Å². The number of fused-ring (bicyclic) bond motifs is 12. The first kappa shape index (κ1) is 94.8. The molecular weight excluding hydrogens is 1500 g/mol. The zero-order valence-corrected chi connectivity index (χ0v) is 76.8. The van der Waals surface area contributed by atoms with Crippen LogP contribution in [0.1, 0.15) is 116 Å². The van der Waals surface area contributed by atoms with E-state index >= 15 is 0 Å². The molecule has 24 aromatic rings. The summed E-state index contributed by atoms with van der Waals surface area (Å²) in [6.07, 6.45) is 0. The van der Waals surface area contributed by atoms with Crippen molar-refractivity contribution in [1.29, 1.82) is 0 Å². The summed E-state index contributed by atoms with van der Waals surface area (Å²) < 4.78 is 0. The van der Waals surface area contributed by atoms with Crippen molar-refractivity contribution in [3.63, 3.8) is 0 Å². The number of aryl methyl sites for hydroxylation is 1. The fourth-order valence-electron chi connectivity index (χ4n) is 15.6. The molecule has 0 saturated heterocycles. The van der Waals surface area contributed by atoms with Crippen LogP contribution in [0.5, 0.6) is 0 Å². The molecule has 0 aliphatic carbocycles. The summed E-state index contributed by atoms with van der Waals surface area (Å²) >= 11 is 0. The number of hydrogen-bond acceptors (Lipinski definition) is 0. The van der Waals surface area contributed by atoms with Crippen LogP contribution in [0.2, 0.25) is 0 Å². The average Bonchev–Trinajstić information content (AvgIpc) is 0.753. The molecule has 0 atom stereocenters. The maximum absolute atomic E-state index is 2.26. The minimum Gasteiger partial charge on any atom is -0.0683 e. The summed E-state index contributed by atoms with van der Waals surface area (Å²) in [7, 11) is 0. The molecule has 0 bridgehead atoms. The largest absolute Gasteiger partial charge is 0.0683 e. The summed E-state index contributed by atoms with van der Waals surface area (Å²) in [5, 5.41) is 42.7. The minimum atomic E-state index is 1.31. The second-order valence-electron chi connectivity index (χ2n) is 27.8. The van der Waals surface area contributed by atoms with Gasteiger partial charge in [0.2, 0.25) is 0 Å². The van der Waals surface area contributed by atoms with Gasteiger partial charge in [-0.3, -0.25) is 0 Å². The lowest BCUT2D eigenvalue weighted by Crippen LogP contribution is -1.82. The Labute approximate surface area is 745 Å². The van der Waals surface area contributed by atoms with Crippen LogP contribution < -0.4 is 0 Å². The molecule has 0 heteroatoms. The topological polar surface area (TPSA) is 0 Å². The number of hydrogen-bond donors (Lipinski definition) is 0. The standard InChI is InChI=1S/2C16H10.C15H12.3C14H10.2C10H8.8C2H6/c2*1-3-11-7-9-13-5-2-6-14-10-8-12(4-1)15(11)16(13)14;1-11-14-8-4-2-6-12(14)10-13-7-3-5-9-15(11)13;2*1-3-7-13-11(5-1)9-10-12-6-2-4-8-14(12)13;1-2-6-12-10-14-8-4-3-7-13(14)9-11(12)5-1;2*1-2-6-10-8-4-3-7-9(10)5-1;8*1-2/h2*1-10H;2-10H,1H3;3*1-10H;2*1-8H;8*1-2H3. The number of benzene rings is 24. The molecule has 0 heterocycles. The first-order valence-electron chi connectivity index (χ1n) is 45.6. The lowest BCUT2D eigenvalue weighted by atomic mass is 9.95. The Morgan fingerprint density at radius 2 is 0.216 bits per heavy atom. The second kappa shape index (κ2) is 51.0. The fraction of sp³-hybridized carbons (Fsp3) is 0.136. The molecule has 24 rings (SSSR count). The van der Waals surface area contributed by atoms with E-state index in [1.54, 1.807) is 0 Å². The molecule has 0 N–H and O–H groups in total. The van der Waals surface area contributed by atoms with E-state index in [9.17, 15) is 0 Å². The molecule has 0 nitrogen and oxygen atoms in total. The van der Waals surface area contributed by atoms with Gasteiger partial charge in [0.25, 0.3) is 0 Å². The van der Waals surface area contributed by atoms with E-state index < -0.39 is 0 Å². The third kappa shape index (κ3) is 23.8. The van der Waals surface area contributed by atoms with Crippen LogP contribution in [-0.4, -0.2) is 0 Å². The summed E-state index contributed by atoms with van der Waals surface area (Å²) in [5.74, 6) is 0. The highest BCUT2D eigenvalue weighted by Crippen LogP contribution is 2.37. The van der Waals surface area contributed by atoms with Crippen LogP contribution in [0.3, 0.4) is 0 Å². The third-order valence-corrected chi connectivity index (χ3v) is 21.1. The lowest BCUT2D eigenvalue weighted by Gasteiger charge is -2.09. The van der Waals surface area contributed by atoms with Gasteiger partial charge in [0.05, 0.1) is 0 Å². The van der Waals surface area contributed by atoms with Gasteiger partial charge in [-0.15, -0.1) is 0 Å². The van der Waals surface area contributed by atoms with E-state index in [2.05, 4.69) is 462 Å². The van der Waals surface area contributed by atoms with Gasteiger partial charge in [0.15, 0.2) is 0 Å². The Hall–Kier alpha value is -14.0. The SMILES string of the molecule is CC.CC.CC.CC.CC.CC.CC.CC.Cc1c2ccccc2cc2ccccc12.c1cc2ccc3cccc4ccc(c1)c2c34.c1cc2ccc3cccc4ccc(c1)c2c34.c1ccc2c(c1)ccc1ccccc12.c1ccc2c(c1)ccc1ccccc12.c1ccc2cc3ccccc3cc2c1.c1ccc2ccccc2c1.c1ccc2ccccc2c1. The fourth-order valence-corrected chi connectivity index (χ4v) is 15.6. The van der Waals surface area contributed by atoms with Crippen LogP contribution in [-0.2, 0) is 0 Å². The quantitative estimate of drug-likeness (QED) is 0.105. The van der Waals surface area contributed by atoms with Crippen LogP contribution in [0.15, 0.2) is 455 Å². The van der Waals surface area contributed by atoms with E-state index in [1.807, 2.05) is 111 Å². The third-order valence-electron chi connectivity index (χ3n) is 21.1. The summed E-state index contributed by atoms with van der Waals surface area (Å²) in [4.78, 5) is 0. The van der Waals surface area contributed by atoms with Crippen molar-refractivity contribution in [2.75, 3.05) is 0 Å². The zero-order valence-electron chi connectivity index (χ0n) is 76.8. The Morgan fingerprint density at radius 1 is 0.0960 bits per heavy atom. The van der Waals surface area contributed by atoms with Gasteiger partial charge >= 0.3 is 0 Å². The first-order valence-corrected chi connectivity index (χ1v) is 45.6. The van der Waals surface area contributed by atoms with Crippen molar-refractivity contribution in [3.05, 3.63) is 461 Å².